The number of halogens is 1. The van der Waals surface area contributed by atoms with Gasteiger partial charge in [0.25, 0.3) is 0 Å². The molecule has 0 aromatic heterocycles. The van der Waals surface area contributed by atoms with Crippen molar-refractivity contribution < 1.29 is 4.79 Å². The molecule has 5 nitrogen and oxygen atoms in total. The number of rotatable bonds is 4. The van der Waals surface area contributed by atoms with Gasteiger partial charge in [-0.05, 0) is 18.2 Å². The lowest BCUT2D eigenvalue weighted by Crippen LogP contribution is -2.37. The van der Waals surface area contributed by atoms with Crippen molar-refractivity contribution in [3.8, 4) is 0 Å². The highest BCUT2D eigenvalue weighted by atomic mass is 35.5. The number of anilines is 2. The molecule has 0 radical (unpaired) electrons. The summed E-state index contributed by atoms with van der Waals surface area (Å²) in [6.07, 6.45) is 0. The van der Waals surface area contributed by atoms with E-state index in [-0.39, 0.29) is 6.03 Å². The van der Waals surface area contributed by atoms with Crippen molar-refractivity contribution in [2.75, 3.05) is 38.2 Å². The first kappa shape index (κ1) is 13.4. The number of nitrogen functional groups attached to an aromatic ring is 1. The van der Waals surface area contributed by atoms with E-state index >= 15 is 0 Å². The highest BCUT2D eigenvalue weighted by molar-refractivity contribution is 6.31. The van der Waals surface area contributed by atoms with Crippen LogP contribution in [0.4, 0.5) is 16.2 Å². The number of hydrogen-bond donors (Lipinski definition) is 3. The van der Waals surface area contributed by atoms with Crippen molar-refractivity contribution in [1.82, 2.24) is 10.2 Å². The fraction of sp³-hybridized carbons (Fsp3) is 0.364. The maximum absolute atomic E-state index is 11.2. The van der Waals surface area contributed by atoms with E-state index in [2.05, 4.69) is 10.6 Å². The van der Waals surface area contributed by atoms with Gasteiger partial charge in [0, 0.05) is 32.2 Å². The molecular formula is C11H17ClN4O. The van der Waals surface area contributed by atoms with Crippen LogP contribution in [0, 0.1) is 0 Å². The van der Waals surface area contributed by atoms with Gasteiger partial charge in [-0.25, -0.2) is 4.79 Å². The molecule has 17 heavy (non-hydrogen) atoms. The normalized spacial score (nSPS) is 9.82. The van der Waals surface area contributed by atoms with E-state index in [0.717, 1.165) is 5.69 Å². The van der Waals surface area contributed by atoms with Gasteiger partial charge < -0.3 is 21.3 Å². The lowest BCUT2D eigenvalue weighted by Gasteiger charge is -2.13. The Balaban J connectivity index is 2.34. The average Bonchev–Trinajstić information content (AvgIpc) is 2.26. The van der Waals surface area contributed by atoms with Gasteiger partial charge in [-0.3, -0.25) is 0 Å². The number of carbonyl (C=O) groups excluding carboxylic acids is 1. The van der Waals surface area contributed by atoms with Gasteiger partial charge in [-0.2, -0.15) is 0 Å². The van der Waals surface area contributed by atoms with Gasteiger partial charge in [0.1, 0.15) is 0 Å². The number of nitrogens with zero attached hydrogens (tertiary/aromatic N) is 1. The Bertz CT molecular complexity index is 395. The van der Waals surface area contributed by atoms with Gasteiger partial charge >= 0.3 is 6.03 Å². The molecule has 0 aliphatic carbocycles. The lowest BCUT2D eigenvalue weighted by atomic mass is 10.2. The molecule has 0 aliphatic rings. The van der Waals surface area contributed by atoms with Crippen LogP contribution in [0.2, 0.25) is 5.02 Å². The van der Waals surface area contributed by atoms with Crippen molar-refractivity contribution in [3.63, 3.8) is 0 Å². The summed E-state index contributed by atoms with van der Waals surface area (Å²) in [5, 5.41) is 6.46. The summed E-state index contributed by atoms with van der Waals surface area (Å²) in [5.41, 5.74) is 7.18. The third-order valence-corrected chi connectivity index (χ3v) is 2.37. The maximum Gasteiger partial charge on any atom is 0.316 e. The summed E-state index contributed by atoms with van der Waals surface area (Å²) in [4.78, 5) is 12.7. The molecule has 0 spiro atoms. The van der Waals surface area contributed by atoms with Gasteiger partial charge in [0.15, 0.2) is 0 Å². The van der Waals surface area contributed by atoms with Crippen LogP contribution in [0.25, 0.3) is 0 Å². The number of carbonyl (C=O) groups is 1. The van der Waals surface area contributed by atoms with Crippen LogP contribution in [0.3, 0.4) is 0 Å². The van der Waals surface area contributed by atoms with Crippen molar-refractivity contribution in [2.24, 2.45) is 0 Å². The van der Waals surface area contributed by atoms with Gasteiger partial charge in [-0.1, -0.05) is 11.6 Å². The second kappa shape index (κ2) is 6.20. The highest BCUT2D eigenvalue weighted by Gasteiger charge is 2.02. The van der Waals surface area contributed by atoms with Crippen molar-refractivity contribution in [1.29, 1.82) is 0 Å². The van der Waals surface area contributed by atoms with Gasteiger partial charge in [0.05, 0.1) is 11.4 Å². The number of amides is 2. The minimum absolute atomic E-state index is 0.115. The van der Waals surface area contributed by atoms with Crippen LogP contribution in [-0.4, -0.2) is 38.1 Å². The summed E-state index contributed by atoms with van der Waals surface area (Å²) < 4.78 is 0. The maximum atomic E-state index is 11.2. The SMILES string of the molecule is CN(C)C(=O)NCCNc1ccc(Cl)cc1N. The molecule has 94 valence electrons. The smallest absolute Gasteiger partial charge is 0.316 e. The molecule has 2 amide bonds. The fourth-order valence-electron chi connectivity index (χ4n) is 1.22. The van der Waals surface area contributed by atoms with E-state index in [1.165, 1.54) is 4.90 Å². The summed E-state index contributed by atoms with van der Waals surface area (Å²) in [5.74, 6) is 0. The van der Waals surface area contributed by atoms with Crippen LogP contribution < -0.4 is 16.4 Å². The second-order valence-electron chi connectivity index (χ2n) is 3.78. The molecule has 0 bridgehead atoms. The minimum atomic E-state index is -0.115. The van der Waals surface area contributed by atoms with Crippen molar-refractivity contribution >= 4 is 29.0 Å². The molecule has 1 aromatic rings. The summed E-state index contributed by atoms with van der Waals surface area (Å²) in [6.45, 7) is 1.13. The van der Waals surface area contributed by atoms with Gasteiger partial charge in [-0.15, -0.1) is 0 Å². The number of benzene rings is 1. The Kier molecular flexibility index (Phi) is 4.90. The predicted octanol–water partition coefficient (Wildman–Crippen LogP) is 1.61. The quantitative estimate of drug-likeness (QED) is 0.566. The Hall–Kier alpha value is -1.62. The molecule has 0 aliphatic heterocycles. The van der Waals surface area contributed by atoms with Crippen LogP contribution in [0.15, 0.2) is 18.2 Å². The van der Waals surface area contributed by atoms with E-state index in [4.69, 9.17) is 17.3 Å². The standard InChI is InChI=1S/C11H17ClN4O/c1-16(2)11(17)15-6-5-14-10-4-3-8(12)7-9(10)13/h3-4,7,14H,5-6,13H2,1-2H3,(H,15,17). The molecule has 1 aromatic carbocycles. The summed E-state index contributed by atoms with van der Waals surface area (Å²) in [6, 6.07) is 5.14. The van der Waals surface area contributed by atoms with Crippen molar-refractivity contribution in [2.45, 2.75) is 0 Å². The first-order valence-corrected chi connectivity index (χ1v) is 5.62. The molecule has 0 unspecified atom stereocenters. The largest absolute Gasteiger partial charge is 0.397 e. The third-order valence-electron chi connectivity index (χ3n) is 2.14. The van der Waals surface area contributed by atoms with E-state index in [0.29, 0.717) is 23.8 Å². The average molecular weight is 257 g/mol. The fourth-order valence-corrected chi connectivity index (χ4v) is 1.40. The molecule has 1 rings (SSSR count). The molecule has 0 atom stereocenters. The summed E-state index contributed by atoms with van der Waals surface area (Å²) in [7, 11) is 3.39. The Morgan fingerprint density at radius 1 is 1.41 bits per heavy atom. The van der Waals surface area contributed by atoms with E-state index in [9.17, 15) is 4.79 Å². The molecule has 0 heterocycles. The topological polar surface area (TPSA) is 70.4 Å². The Morgan fingerprint density at radius 3 is 2.71 bits per heavy atom. The third kappa shape index (κ3) is 4.40. The first-order valence-electron chi connectivity index (χ1n) is 5.24. The van der Waals surface area contributed by atoms with Crippen LogP contribution in [0.5, 0.6) is 0 Å². The van der Waals surface area contributed by atoms with Gasteiger partial charge in [0.2, 0.25) is 0 Å². The molecule has 0 saturated heterocycles. The molecule has 4 N–H and O–H groups in total. The van der Waals surface area contributed by atoms with Crippen LogP contribution in [-0.2, 0) is 0 Å². The zero-order valence-electron chi connectivity index (χ0n) is 9.96. The van der Waals surface area contributed by atoms with Crippen LogP contribution in [0.1, 0.15) is 0 Å². The van der Waals surface area contributed by atoms with E-state index in [1.807, 2.05) is 6.07 Å². The first-order chi connectivity index (χ1) is 8.00. The van der Waals surface area contributed by atoms with E-state index in [1.54, 1.807) is 26.2 Å². The zero-order chi connectivity index (χ0) is 12.8. The number of nitrogens with one attached hydrogen (secondary N) is 2. The molecule has 0 saturated carbocycles. The lowest BCUT2D eigenvalue weighted by molar-refractivity contribution is 0.218. The van der Waals surface area contributed by atoms with E-state index < -0.39 is 0 Å². The zero-order valence-corrected chi connectivity index (χ0v) is 10.7. The Morgan fingerprint density at radius 2 is 2.12 bits per heavy atom. The predicted molar refractivity (Wildman–Crippen MR) is 71.4 cm³/mol. The molecular weight excluding hydrogens is 240 g/mol. The monoisotopic (exact) mass is 256 g/mol. The minimum Gasteiger partial charge on any atom is -0.397 e. The van der Waals surface area contributed by atoms with Crippen LogP contribution >= 0.6 is 11.6 Å². The Labute approximate surface area is 106 Å². The molecule has 0 fully saturated rings. The number of urea groups is 1. The second-order valence-corrected chi connectivity index (χ2v) is 4.22. The number of hydrogen-bond acceptors (Lipinski definition) is 3. The molecule has 6 heteroatoms. The summed E-state index contributed by atoms with van der Waals surface area (Å²) >= 11 is 5.78. The number of nitrogens with two attached hydrogens (primary N) is 1. The highest BCUT2D eigenvalue weighted by Crippen LogP contribution is 2.22. The van der Waals surface area contributed by atoms with Crippen molar-refractivity contribution in [3.05, 3.63) is 23.2 Å².